The quantitative estimate of drug-likeness (QED) is 0.763. The molecule has 0 spiro atoms. The zero-order chi connectivity index (χ0) is 13.1. The zero-order valence-corrected chi connectivity index (χ0v) is 10.3. The Balaban J connectivity index is 2.67. The van der Waals surface area contributed by atoms with Crippen LogP contribution in [0.3, 0.4) is 0 Å². The highest BCUT2D eigenvalue weighted by Gasteiger charge is 2.45. The van der Waals surface area contributed by atoms with Gasteiger partial charge in [-0.15, -0.1) is 0 Å². The smallest absolute Gasteiger partial charge is 0.410 e. The summed E-state index contributed by atoms with van der Waals surface area (Å²) in [7, 11) is 0. The Morgan fingerprint density at radius 3 is 2.76 bits per heavy atom. The average Bonchev–Trinajstić information content (AvgIpc) is 2.50. The number of hydrogen-bond acceptors (Lipinski definition) is 3. The SMILES string of the molecule is C=CCOC(=O)N1CCC(CC(=O)O)C1(C)C. The minimum absolute atomic E-state index is 0.0312. The minimum atomic E-state index is -0.829. The highest BCUT2D eigenvalue weighted by atomic mass is 16.6. The number of carboxylic acids is 1. The number of carboxylic acid groups (broad SMARTS) is 1. The number of amides is 1. The predicted octanol–water partition coefficient (Wildman–Crippen LogP) is 1.88. The summed E-state index contributed by atoms with van der Waals surface area (Å²) in [4.78, 5) is 24.1. The summed E-state index contributed by atoms with van der Waals surface area (Å²) < 4.78 is 4.99. The monoisotopic (exact) mass is 241 g/mol. The summed E-state index contributed by atoms with van der Waals surface area (Å²) >= 11 is 0. The van der Waals surface area contributed by atoms with Crippen molar-refractivity contribution >= 4 is 12.1 Å². The van der Waals surface area contributed by atoms with Crippen LogP contribution in [-0.2, 0) is 9.53 Å². The number of carbonyl (C=O) groups is 2. The molecule has 1 unspecified atom stereocenters. The Bertz CT molecular complexity index is 324. The molecular weight excluding hydrogens is 222 g/mol. The molecule has 5 heteroatoms. The third-order valence-electron chi connectivity index (χ3n) is 3.36. The van der Waals surface area contributed by atoms with Crippen LogP contribution in [0, 0.1) is 5.92 Å². The molecular formula is C12H19NO4. The van der Waals surface area contributed by atoms with Crippen molar-refractivity contribution in [2.45, 2.75) is 32.2 Å². The second kappa shape index (κ2) is 5.21. The predicted molar refractivity (Wildman–Crippen MR) is 62.7 cm³/mol. The summed E-state index contributed by atoms with van der Waals surface area (Å²) in [5.41, 5.74) is -0.476. The Kier molecular flexibility index (Phi) is 4.15. The van der Waals surface area contributed by atoms with Gasteiger partial charge >= 0.3 is 12.1 Å². The van der Waals surface area contributed by atoms with Gasteiger partial charge in [0.05, 0.1) is 6.42 Å². The molecule has 17 heavy (non-hydrogen) atoms. The van der Waals surface area contributed by atoms with Crippen molar-refractivity contribution in [3.63, 3.8) is 0 Å². The van der Waals surface area contributed by atoms with E-state index in [-0.39, 0.29) is 18.9 Å². The summed E-state index contributed by atoms with van der Waals surface area (Å²) in [5, 5.41) is 8.82. The molecule has 1 saturated heterocycles. The fraction of sp³-hybridized carbons (Fsp3) is 0.667. The molecule has 0 aromatic rings. The third kappa shape index (κ3) is 2.99. The lowest BCUT2D eigenvalue weighted by atomic mass is 9.86. The number of ether oxygens (including phenoxy) is 1. The van der Waals surface area contributed by atoms with Crippen LogP contribution in [0.2, 0.25) is 0 Å². The molecule has 0 saturated carbocycles. The molecule has 1 atom stereocenters. The largest absolute Gasteiger partial charge is 0.481 e. The van der Waals surface area contributed by atoms with Crippen molar-refractivity contribution in [1.29, 1.82) is 0 Å². The highest BCUT2D eigenvalue weighted by Crippen LogP contribution is 2.37. The van der Waals surface area contributed by atoms with Gasteiger partial charge < -0.3 is 14.7 Å². The van der Waals surface area contributed by atoms with Gasteiger partial charge in [0.25, 0.3) is 0 Å². The van der Waals surface area contributed by atoms with E-state index in [0.717, 1.165) is 0 Å². The maximum Gasteiger partial charge on any atom is 0.410 e. The number of rotatable bonds is 4. The van der Waals surface area contributed by atoms with Crippen molar-refractivity contribution in [2.75, 3.05) is 13.2 Å². The molecule has 0 aliphatic carbocycles. The van der Waals surface area contributed by atoms with Gasteiger partial charge in [0, 0.05) is 12.1 Å². The van der Waals surface area contributed by atoms with Gasteiger partial charge in [-0.25, -0.2) is 4.79 Å². The Morgan fingerprint density at radius 2 is 2.24 bits per heavy atom. The molecule has 0 aromatic carbocycles. The first-order valence-corrected chi connectivity index (χ1v) is 5.66. The third-order valence-corrected chi connectivity index (χ3v) is 3.36. The van der Waals surface area contributed by atoms with Crippen molar-refractivity contribution in [3.8, 4) is 0 Å². The summed E-state index contributed by atoms with van der Waals surface area (Å²) in [6.45, 7) is 7.95. The number of aliphatic carboxylic acids is 1. The minimum Gasteiger partial charge on any atom is -0.481 e. The van der Waals surface area contributed by atoms with Gasteiger partial charge in [-0.05, 0) is 26.2 Å². The van der Waals surface area contributed by atoms with Crippen LogP contribution in [0.15, 0.2) is 12.7 Å². The van der Waals surface area contributed by atoms with Crippen LogP contribution in [0.25, 0.3) is 0 Å². The fourth-order valence-corrected chi connectivity index (χ4v) is 2.24. The van der Waals surface area contributed by atoms with Crippen LogP contribution in [0.4, 0.5) is 4.79 Å². The van der Waals surface area contributed by atoms with E-state index >= 15 is 0 Å². The van der Waals surface area contributed by atoms with E-state index in [0.29, 0.717) is 13.0 Å². The maximum absolute atomic E-state index is 11.8. The lowest BCUT2D eigenvalue weighted by molar-refractivity contribution is -0.138. The molecule has 0 radical (unpaired) electrons. The summed E-state index contributed by atoms with van der Waals surface area (Å²) in [5.74, 6) is -0.860. The van der Waals surface area contributed by atoms with Gasteiger partial charge in [0.15, 0.2) is 0 Å². The van der Waals surface area contributed by atoms with E-state index in [1.807, 2.05) is 13.8 Å². The Morgan fingerprint density at radius 1 is 1.59 bits per heavy atom. The second-order valence-electron chi connectivity index (χ2n) is 4.75. The first kappa shape index (κ1) is 13.5. The van der Waals surface area contributed by atoms with E-state index in [1.54, 1.807) is 4.90 Å². The molecule has 1 N–H and O–H groups in total. The molecule has 1 heterocycles. The van der Waals surface area contributed by atoms with Crippen LogP contribution in [-0.4, -0.2) is 40.8 Å². The van der Waals surface area contributed by atoms with E-state index in [2.05, 4.69) is 6.58 Å². The summed E-state index contributed by atoms with van der Waals surface area (Å²) in [6.07, 6.45) is 1.89. The first-order valence-electron chi connectivity index (χ1n) is 5.66. The molecule has 5 nitrogen and oxygen atoms in total. The first-order chi connectivity index (χ1) is 7.89. The molecule has 1 aliphatic rings. The highest BCUT2D eigenvalue weighted by molar-refractivity contribution is 5.71. The van der Waals surface area contributed by atoms with Crippen molar-refractivity contribution in [1.82, 2.24) is 4.90 Å². The molecule has 1 amide bonds. The van der Waals surface area contributed by atoms with E-state index in [4.69, 9.17) is 9.84 Å². The van der Waals surface area contributed by atoms with Gasteiger partial charge in [-0.1, -0.05) is 12.7 Å². The zero-order valence-electron chi connectivity index (χ0n) is 10.3. The van der Waals surface area contributed by atoms with Gasteiger partial charge in [0.1, 0.15) is 6.61 Å². The average molecular weight is 241 g/mol. The van der Waals surface area contributed by atoms with Gasteiger partial charge in [-0.3, -0.25) is 4.79 Å². The lowest BCUT2D eigenvalue weighted by Gasteiger charge is -2.34. The summed E-state index contributed by atoms with van der Waals surface area (Å²) in [6, 6.07) is 0. The van der Waals surface area contributed by atoms with Crippen molar-refractivity contribution in [2.24, 2.45) is 5.92 Å². The number of nitrogens with zero attached hydrogens (tertiary/aromatic N) is 1. The topological polar surface area (TPSA) is 66.8 Å². The maximum atomic E-state index is 11.8. The van der Waals surface area contributed by atoms with Crippen molar-refractivity contribution in [3.05, 3.63) is 12.7 Å². The molecule has 1 fully saturated rings. The van der Waals surface area contributed by atoms with Crippen LogP contribution >= 0.6 is 0 Å². The van der Waals surface area contributed by atoms with Crippen LogP contribution in [0.5, 0.6) is 0 Å². The molecule has 1 rings (SSSR count). The normalized spacial score (nSPS) is 22.2. The van der Waals surface area contributed by atoms with E-state index in [9.17, 15) is 9.59 Å². The number of carbonyl (C=O) groups excluding carboxylic acids is 1. The van der Waals surface area contributed by atoms with Gasteiger partial charge in [0.2, 0.25) is 0 Å². The van der Waals surface area contributed by atoms with Gasteiger partial charge in [-0.2, -0.15) is 0 Å². The Hall–Kier alpha value is -1.52. The standard InChI is InChI=1S/C12H19NO4/c1-4-7-17-11(16)13-6-5-9(8-10(14)15)12(13,2)3/h4,9H,1,5-8H2,2-3H3,(H,14,15). The molecule has 1 aliphatic heterocycles. The van der Waals surface area contributed by atoms with E-state index in [1.165, 1.54) is 6.08 Å². The second-order valence-corrected chi connectivity index (χ2v) is 4.75. The number of likely N-dealkylation sites (tertiary alicyclic amines) is 1. The van der Waals surface area contributed by atoms with Crippen LogP contribution in [0.1, 0.15) is 26.7 Å². The number of hydrogen-bond donors (Lipinski definition) is 1. The molecule has 0 bridgehead atoms. The van der Waals surface area contributed by atoms with E-state index < -0.39 is 17.6 Å². The fourth-order valence-electron chi connectivity index (χ4n) is 2.24. The van der Waals surface area contributed by atoms with Crippen molar-refractivity contribution < 1.29 is 19.4 Å². The Labute approximate surface area is 101 Å². The van der Waals surface area contributed by atoms with Crippen LogP contribution < -0.4 is 0 Å². The molecule has 96 valence electrons. The molecule has 0 aromatic heterocycles. The lowest BCUT2D eigenvalue weighted by Crippen LogP contribution is -2.46.